The first-order chi connectivity index (χ1) is 13.5. The number of methoxy groups -OCH3 is 2. The van der Waals surface area contributed by atoms with Gasteiger partial charge in [0.25, 0.3) is 5.56 Å². The molecule has 0 atom stereocenters. The number of fused-ring (bicyclic) bond motifs is 3. The molecule has 3 heterocycles. The highest BCUT2D eigenvalue weighted by Crippen LogP contribution is 2.20. The van der Waals surface area contributed by atoms with E-state index in [2.05, 4.69) is 10.1 Å². The lowest BCUT2D eigenvalue weighted by molar-refractivity contribution is 0.0602. The molecule has 4 rings (SSSR count). The SMILES string of the molecule is COC(=O)c1c(C)nn2c1ncc1c(=O)n(Cc3ccccc3OC)ccc12. The van der Waals surface area contributed by atoms with Crippen LogP contribution in [0.5, 0.6) is 5.75 Å². The van der Waals surface area contributed by atoms with Gasteiger partial charge in [-0.3, -0.25) is 4.79 Å². The molecule has 0 aliphatic rings. The minimum atomic E-state index is -0.510. The number of carbonyl (C=O) groups excluding carboxylic acids is 1. The van der Waals surface area contributed by atoms with Crippen molar-refractivity contribution >= 4 is 22.5 Å². The van der Waals surface area contributed by atoms with Crippen LogP contribution in [0.4, 0.5) is 0 Å². The van der Waals surface area contributed by atoms with E-state index in [-0.39, 0.29) is 5.56 Å². The number of esters is 1. The number of ether oxygens (including phenoxy) is 2. The van der Waals surface area contributed by atoms with Crippen LogP contribution in [0, 0.1) is 6.92 Å². The topological polar surface area (TPSA) is 87.7 Å². The molecule has 0 amide bonds. The summed E-state index contributed by atoms with van der Waals surface area (Å²) < 4.78 is 13.3. The fourth-order valence-corrected chi connectivity index (χ4v) is 3.30. The Morgan fingerprint density at radius 3 is 2.71 bits per heavy atom. The van der Waals surface area contributed by atoms with Gasteiger partial charge in [-0.2, -0.15) is 5.10 Å². The number of aromatic nitrogens is 4. The molecule has 0 N–H and O–H groups in total. The number of nitrogens with zero attached hydrogens (tertiary/aromatic N) is 4. The van der Waals surface area contributed by atoms with E-state index in [1.807, 2.05) is 24.3 Å². The van der Waals surface area contributed by atoms with Crippen LogP contribution >= 0.6 is 0 Å². The van der Waals surface area contributed by atoms with Crippen LogP contribution in [0.1, 0.15) is 21.6 Å². The second-order valence-corrected chi connectivity index (χ2v) is 6.31. The third-order valence-corrected chi connectivity index (χ3v) is 4.68. The standard InChI is InChI=1S/C20H18N4O4/c1-12-17(20(26)28-3)18-21-10-14-15(24(18)22-12)8-9-23(19(14)25)11-13-6-4-5-7-16(13)27-2/h4-10H,11H2,1-3H3. The number of aryl methyl sites for hydroxylation is 1. The summed E-state index contributed by atoms with van der Waals surface area (Å²) in [7, 11) is 2.91. The van der Waals surface area contributed by atoms with E-state index in [0.29, 0.717) is 40.1 Å². The lowest BCUT2D eigenvalue weighted by atomic mass is 10.2. The monoisotopic (exact) mass is 378 g/mol. The Labute approximate surface area is 160 Å². The maximum absolute atomic E-state index is 13.0. The number of hydrogen-bond acceptors (Lipinski definition) is 6. The Morgan fingerprint density at radius 1 is 1.18 bits per heavy atom. The molecule has 0 fully saturated rings. The zero-order chi connectivity index (χ0) is 19.8. The molecule has 0 aliphatic carbocycles. The Bertz CT molecular complexity index is 1270. The van der Waals surface area contributed by atoms with E-state index in [4.69, 9.17) is 9.47 Å². The normalized spacial score (nSPS) is 11.1. The molecule has 142 valence electrons. The van der Waals surface area contributed by atoms with E-state index in [1.54, 1.807) is 30.9 Å². The van der Waals surface area contributed by atoms with Crippen LogP contribution in [0.15, 0.2) is 47.5 Å². The number of rotatable bonds is 4. The molecule has 0 aliphatic heterocycles. The molecule has 4 aromatic rings. The van der Waals surface area contributed by atoms with E-state index in [0.717, 1.165) is 5.56 Å². The summed E-state index contributed by atoms with van der Waals surface area (Å²) in [5, 5.41) is 4.78. The molecule has 0 saturated heterocycles. The molecular weight excluding hydrogens is 360 g/mol. The highest BCUT2D eigenvalue weighted by molar-refractivity contribution is 5.98. The van der Waals surface area contributed by atoms with Crippen LogP contribution in [0.3, 0.4) is 0 Å². The maximum Gasteiger partial charge on any atom is 0.343 e. The van der Waals surface area contributed by atoms with Gasteiger partial charge in [-0.1, -0.05) is 18.2 Å². The van der Waals surface area contributed by atoms with Gasteiger partial charge in [0.15, 0.2) is 5.65 Å². The quantitative estimate of drug-likeness (QED) is 0.506. The van der Waals surface area contributed by atoms with Crippen LogP contribution < -0.4 is 10.3 Å². The molecule has 8 heteroatoms. The summed E-state index contributed by atoms with van der Waals surface area (Å²) in [6.45, 7) is 2.07. The van der Waals surface area contributed by atoms with E-state index < -0.39 is 5.97 Å². The number of benzene rings is 1. The molecule has 8 nitrogen and oxygen atoms in total. The van der Waals surface area contributed by atoms with Crippen LogP contribution in [-0.4, -0.2) is 39.4 Å². The molecule has 0 saturated carbocycles. The van der Waals surface area contributed by atoms with Gasteiger partial charge in [-0.15, -0.1) is 0 Å². The molecule has 0 unspecified atom stereocenters. The molecule has 0 spiro atoms. The summed E-state index contributed by atoms with van der Waals surface area (Å²) in [4.78, 5) is 29.3. The average Bonchev–Trinajstić information content (AvgIpc) is 3.06. The molecule has 3 aromatic heterocycles. The minimum absolute atomic E-state index is 0.203. The van der Waals surface area contributed by atoms with E-state index in [9.17, 15) is 9.59 Å². The van der Waals surface area contributed by atoms with Crippen LogP contribution in [-0.2, 0) is 11.3 Å². The Hall–Kier alpha value is -3.68. The minimum Gasteiger partial charge on any atom is -0.496 e. The first-order valence-electron chi connectivity index (χ1n) is 8.63. The first kappa shape index (κ1) is 17.7. The Balaban J connectivity index is 1.87. The van der Waals surface area contributed by atoms with Crippen molar-refractivity contribution in [3.63, 3.8) is 0 Å². The summed E-state index contributed by atoms with van der Waals surface area (Å²) in [6, 6.07) is 9.33. The molecule has 0 radical (unpaired) electrons. The predicted octanol–water partition coefficient (Wildman–Crippen LogP) is 2.20. The van der Waals surface area contributed by atoms with Gasteiger partial charge < -0.3 is 14.0 Å². The summed E-state index contributed by atoms with van der Waals surface area (Å²) >= 11 is 0. The van der Waals surface area contributed by atoms with Gasteiger partial charge >= 0.3 is 5.97 Å². The van der Waals surface area contributed by atoms with Crippen molar-refractivity contribution < 1.29 is 14.3 Å². The van der Waals surface area contributed by atoms with Crippen molar-refractivity contribution in [1.82, 2.24) is 19.2 Å². The number of pyridine rings is 1. The lowest BCUT2D eigenvalue weighted by Crippen LogP contribution is -2.21. The van der Waals surface area contributed by atoms with Gasteiger partial charge in [-0.25, -0.2) is 14.3 Å². The Kier molecular flexibility index (Phi) is 4.31. The highest BCUT2D eigenvalue weighted by atomic mass is 16.5. The van der Waals surface area contributed by atoms with Crippen molar-refractivity contribution in [2.45, 2.75) is 13.5 Å². The molecular formula is C20H18N4O4. The smallest absolute Gasteiger partial charge is 0.343 e. The fraction of sp³-hybridized carbons (Fsp3) is 0.200. The molecule has 1 aromatic carbocycles. The van der Waals surface area contributed by atoms with Crippen LogP contribution in [0.2, 0.25) is 0 Å². The number of carbonyl (C=O) groups is 1. The predicted molar refractivity (Wildman–Crippen MR) is 103 cm³/mol. The van der Waals surface area contributed by atoms with Gasteiger partial charge in [-0.05, 0) is 19.1 Å². The average molecular weight is 378 g/mol. The summed E-state index contributed by atoms with van der Waals surface area (Å²) in [5.41, 5.74) is 2.41. The number of para-hydroxylation sites is 1. The number of hydrogen-bond donors (Lipinski definition) is 0. The van der Waals surface area contributed by atoms with Crippen molar-refractivity contribution in [2.24, 2.45) is 0 Å². The summed E-state index contributed by atoms with van der Waals surface area (Å²) in [5.74, 6) is 0.206. The maximum atomic E-state index is 13.0. The van der Waals surface area contributed by atoms with Gasteiger partial charge in [0.1, 0.15) is 11.3 Å². The van der Waals surface area contributed by atoms with Gasteiger partial charge in [0, 0.05) is 18.0 Å². The van der Waals surface area contributed by atoms with Crippen molar-refractivity contribution in [3.05, 3.63) is 69.9 Å². The summed E-state index contributed by atoms with van der Waals surface area (Å²) in [6.07, 6.45) is 3.17. The van der Waals surface area contributed by atoms with Crippen molar-refractivity contribution in [1.29, 1.82) is 0 Å². The third kappa shape index (κ3) is 2.70. The zero-order valence-corrected chi connectivity index (χ0v) is 15.7. The van der Waals surface area contributed by atoms with Gasteiger partial charge in [0.2, 0.25) is 0 Å². The zero-order valence-electron chi connectivity index (χ0n) is 15.7. The second kappa shape index (κ2) is 6.80. The largest absolute Gasteiger partial charge is 0.496 e. The van der Waals surface area contributed by atoms with Gasteiger partial charge in [0.05, 0.1) is 37.4 Å². The molecule has 0 bridgehead atoms. The van der Waals surface area contributed by atoms with Crippen molar-refractivity contribution in [2.75, 3.05) is 14.2 Å². The molecule has 28 heavy (non-hydrogen) atoms. The first-order valence-corrected chi connectivity index (χ1v) is 8.63. The third-order valence-electron chi connectivity index (χ3n) is 4.68. The van der Waals surface area contributed by atoms with Crippen molar-refractivity contribution in [3.8, 4) is 5.75 Å². The van der Waals surface area contributed by atoms with E-state index >= 15 is 0 Å². The van der Waals surface area contributed by atoms with E-state index in [1.165, 1.54) is 17.8 Å². The second-order valence-electron chi connectivity index (χ2n) is 6.31. The Morgan fingerprint density at radius 2 is 1.96 bits per heavy atom. The fourth-order valence-electron chi connectivity index (χ4n) is 3.30. The van der Waals surface area contributed by atoms with Crippen LogP contribution in [0.25, 0.3) is 16.6 Å². The highest BCUT2D eigenvalue weighted by Gasteiger charge is 2.21. The lowest BCUT2D eigenvalue weighted by Gasteiger charge is -2.11.